The van der Waals surface area contributed by atoms with Crippen LogP contribution in [0.2, 0.25) is 0 Å². The van der Waals surface area contributed by atoms with Crippen molar-refractivity contribution in [1.82, 2.24) is 0 Å². The number of carbonyl (C=O) groups is 1. The minimum absolute atomic E-state index is 0.231. The number of nitrogens with zero attached hydrogens (tertiary/aromatic N) is 1. The molecule has 0 aromatic heterocycles. The van der Waals surface area contributed by atoms with Crippen LogP contribution in [0.25, 0.3) is 0 Å². The molecule has 0 fully saturated rings. The van der Waals surface area contributed by atoms with E-state index in [2.05, 4.69) is 20.4 Å². The fourth-order valence-corrected chi connectivity index (χ4v) is 2.00. The summed E-state index contributed by atoms with van der Waals surface area (Å²) < 4.78 is 11.4. The third-order valence-electron chi connectivity index (χ3n) is 3.67. The minimum Gasteiger partial charge on any atom is -0.488 e. The van der Waals surface area contributed by atoms with Crippen molar-refractivity contribution in [3.63, 3.8) is 0 Å². The van der Waals surface area contributed by atoms with Crippen LogP contribution < -0.4 is 16.2 Å². The fourth-order valence-electron chi connectivity index (χ4n) is 2.00. The van der Waals surface area contributed by atoms with E-state index in [1.165, 1.54) is 0 Å². The normalized spacial score (nSPS) is 9.97. The summed E-state index contributed by atoms with van der Waals surface area (Å²) in [7, 11) is 0. The van der Waals surface area contributed by atoms with Crippen LogP contribution in [0, 0.1) is 11.3 Å². The van der Waals surface area contributed by atoms with E-state index in [4.69, 9.17) is 26.2 Å². The quantitative estimate of drug-likeness (QED) is 0.361. The predicted octanol–water partition coefficient (Wildman–Crippen LogP) is 5.14. The third kappa shape index (κ3) is 15.2. The summed E-state index contributed by atoms with van der Waals surface area (Å²) in [5, 5.41) is 8.34. The molecule has 0 aliphatic heterocycles. The number of nitriles is 1. The number of carbonyl (C=O) groups excluding carboxylic acids is 1. The van der Waals surface area contributed by atoms with Gasteiger partial charge < -0.3 is 20.9 Å². The van der Waals surface area contributed by atoms with Gasteiger partial charge in [-0.1, -0.05) is 6.58 Å². The van der Waals surface area contributed by atoms with Gasteiger partial charge in [0.1, 0.15) is 17.6 Å². The number of nitrogen functional groups attached to an aromatic ring is 2. The Hall–Kier alpha value is -3.30. The molecule has 31 heavy (non-hydrogen) atoms. The summed E-state index contributed by atoms with van der Waals surface area (Å²) >= 11 is 0. The molecule has 0 heterocycles. The standard InChI is InChI=1S/C14H23NO2.C7H6N2.C4H6O/c1-11(2)16-10-9-14(3,4)17-13-7-5-12(15)6-8-13;8-5-6-1-3-7(9)4-2-6;1-4(2)3-5/h5-8,11H,9-10,15H2,1-4H3;1-4H,9H2;3H,1H2,2H3. The molecule has 0 saturated carbocycles. The molecule has 0 amide bonds. The highest BCUT2D eigenvalue weighted by Crippen LogP contribution is 2.22. The number of anilines is 2. The number of hydrogen-bond donors (Lipinski definition) is 2. The molecule has 0 bridgehead atoms. The number of ether oxygens (including phenoxy) is 2. The van der Waals surface area contributed by atoms with Crippen LogP contribution in [0.5, 0.6) is 5.75 Å². The van der Waals surface area contributed by atoms with Gasteiger partial charge in [0.2, 0.25) is 0 Å². The Morgan fingerprint density at radius 3 is 1.94 bits per heavy atom. The Kier molecular flexibility index (Phi) is 13.1. The molecule has 6 heteroatoms. The van der Waals surface area contributed by atoms with Gasteiger partial charge in [-0.05, 0) is 88.7 Å². The zero-order valence-corrected chi connectivity index (χ0v) is 19.2. The summed E-state index contributed by atoms with van der Waals surface area (Å²) in [5.74, 6) is 0.841. The van der Waals surface area contributed by atoms with E-state index in [1.54, 1.807) is 31.2 Å². The molecule has 0 spiro atoms. The molecule has 0 radical (unpaired) electrons. The number of benzene rings is 2. The second-order valence-electron chi connectivity index (χ2n) is 7.80. The number of hydrogen-bond acceptors (Lipinski definition) is 6. The van der Waals surface area contributed by atoms with Gasteiger partial charge in [-0.25, -0.2) is 0 Å². The Morgan fingerprint density at radius 2 is 1.55 bits per heavy atom. The molecular weight excluding hydrogens is 390 g/mol. The van der Waals surface area contributed by atoms with E-state index >= 15 is 0 Å². The lowest BCUT2D eigenvalue weighted by molar-refractivity contribution is -0.104. The van der Waals surface area contributed by atoms with Crippen LogP contribution >= 0.6 is 0 Å². The van der Waals surface area contributed by atoms with E-state index < -0.39 is 0 Å². The highest BCUT2D eigenvalue weighted by Gasteiger charge is 2.19. The topological polar surface area (TPSA) is 111 Å². The van der Waals surface area contributed by atoms with Gasteiger partial charge in [0.25, 0.3) is 0 Å². The van der Waals surface area contributed by atoms with Crippen LogP contribution in [-0.4, -0.2) is 24.6 Å². The van der Waals surface area contributed by atoms with Gasteiger partial charge in [-0.2, -0.15) is 5.26 Å². The van der Waals surface area contributed by atoms with Crippen molar-refractivity contribution in [3.05, 3.63) is 66.2 Å². The van der Waals surface area contributed by atoms with E-state index in [0.717, 1.165) is 24.1 Å². The molecule has 0 aliphatic rings. The molecule has 168 valence electrons. The SMILES string of the molecule is C=C(C)C=O.CC(C)OCCC(C)(C)Oc1ccc(N)cc1.N#Cc1ccc(N)cc1. The van der Waals surface area contributed by atoms with Crippen molar-refractivity contribution in [3.8, 4) is 11.8 Å². The first-order valence-corrected chi connectivity index (χ1v) is 10.0. The van der Waals surface area contributed by atoms with Crippen molar-refractivity contribution in [2.75, 3.05) is 18.1 Å². The Labute approximate surface area is 186 Å². The van der Waals surface area contributed by atoms with Gasteiger partial charge in [-0.15, -0.1) is 0 Å². The van der Waals surface area contributed by atoms with E-state index in [9.17, 15) is 4.79 Å². The molecule has 0 unspecified atom stereocenters. The van der Waals surface area contributed by atoms with Crippen LogP contribution in [0.3, 0.4) is 0 Å². The van der Waals surface area contributed by atoms with E-state index in [-0.39, 0.29) is 11.7 Å². The molecule has 4 N–H and O–H groups in total. The highest BCUT2D eigenvalue weighted by molar-refractivity contribution is 5.70. The smallest absolute Gasteiger partial charge is 0.145 e. The maximum Gasteiger partial charge on any atom is 0.145 e. The maximum absolute atomic E-state index is 9.41. The highest BCUT2D eigenvalue weighted by atomic mass is 16.5. The van der Waals surface area contributed by atoms with Crippen molar-refractivity contribution in [1.29, 1.82) is 5.26 Å². The lowest BCUT2D eigenvalue weighted by atomic mass is 10.1. The molecule has 0 saturated heterocycles. The lowest BCUT2D eigenvalue weighted by Gasteiger charge is -2.27. The Bertz CT molecular complexity index is 821. The van der Waals surface area contributed by atoms with Gasteiger partial charge >= 0.3 is 0 Å². The van der Waals surface area contributed by atoms with Crippen LogP contribution in [-0.2, 0) is 9.53 Å². The summed E-state index contributed by atoms with van der Waals surface area (Å²) in [6.45, 7) is 13.9. The largest absolute Gasteiger partial charge is 0.488 e. The van der Waals surface area contributed by atoms with Crippen molar-refractivity contribution in [2.45, 2.75) is 52.7 Å². The average molecular weight is 426 g/mol. The summed E-state index contributed by atoms with van der Waals surface area (Å²) in [5.41, 5.74) is 13.4. The lowest BCUT2D eigenvalue weighted by Crippen LogP contribution is -2.30. The zero-order chi connectivity index (χ0) is 23.9. The van der Waals surface area contributed by atoms with Crippen LogP contribution in [0.4, 0.5) is 11.4 Å². The Balaban J connectivity index is 0.000000533. The third-order valence-corrected chi connectivity index (χ3v) is 3.67. The van der Waals surface area contributed by atoms with E-state index in [1.807, 2.05) is 44.2 Å². The second-order valence-corrected chi connectivity index (χ2v) is 7.80. The van der Waals surface area contributed by atoms with Crippen molar-refractivity contribution >= 4 is 17.7 Å². The van der Waals surface area contributed by atoms with E-state index in [0.29, 0.717) is 23.4 Å². The number of nitrogens with two attached hydrogens (primary N) is 2. The van der Waals surface area contributed by atoms with Crippen molar-refractivity contribution in [2.24, 2.45) is 0 Å². The molecule has 2 rings (SSSR count). The first-order valence-electron chi connectivity index (χ1n) is 10.0. The molecular formula is C25H35N3O3. The average Bonchev–Trinajstić information content (AvgIpc) is 2.70. The second kappa shape index (κ2) is 14.6. The van der Waals surface area contributed by atoms with Gasteiger partial charge in [-0.3, -0.25) is 4.79 Å². The molecule has 0 aliphatic carbocycles. The van der Waals surface area contributed by atoms with Crippen LogP contribution in [0.15, 0.2) is 60.7 Å². The summed E-state index contributed by atoms with van der Waals surface area (Å²) in [4.78, 5) is 9.41. The maximum atomic E-state index is 9.41. The molecule has 2 aromatic rings. The van der Waals surface area contributed by atoms with Gasteiger partial charge in [0, 0.05) is 17.8 Å². The number of rotatable bonds is 7. The van der Waals surface area contributed by atoms with Crippen LogP contribution in [0.1, 0.15) is 46.6 Å². The minimum atomic E-state index is -0.231. The number of aldehydes is 1. The predicted molar refractivity (Wildman–Crippen MR) is 128 cm³/mol. The van der Waals surface area contributed by atoms with Gasteiger partial charge in [0.05, 0.1) is 24.3 Å². The summed E-state index contributed by atoms with van der Waals surface area (Å²) in [6.07, 6.45) is 1.84. The first-order chi connectivity index (χ1) is 14.5. The molecule has 6 nitrogen and oxygen atoms in total. The molecule has 0 atom stereocenters. The zero-order valence-electron chi connectivity index (χ0n) is 19.2. The monoisotopic (exact) mass is 425 g/mol. The first kappa shape index (κ1) is 27.7. The number of allylic oxidation sites excluding steroid dienone is 1. The summed E-state index contributed by atoms with van der Waals surface area (Å²) in [6, 6.07) is 16.3. The van der Waals surface area contributed by atoms with Crippen molar-refractivity contribution < 1.29 is 14.3 Å². The fraction of sp³-hybridized carbons (Fsp3) is 0.360. The Morgan fingerprint density at radius 1 is 1.10 bits per heavy atom. The molecule has 2 aromatic carbocycles. The van der Waals surface area contributed by atoms with Gasteiger partial charge in [0.15, 0.2) is 0 Å².